The molecule has 0 aromatic heterocycles. The maximum absolute atomic E-state index is 12.0. The molecule has 1 rings (SSSR count). The minimum absolute atomic E-state index is 0.132. The average Bonchev–Trinajstić information content (AvgIpc) is 2.27. The summed E-state index contributed by atoms with van der Waals surface area (Å²) in [6, 6.07) is 6.51. The van der Waals surface area contributed by atoms with Crippen molar-refractivity contribution >= 4 is 15.9 Å². The highest BCUT2D eigenvalue weighted by Gasteiger charge is 2.24. The van der Waals surface area contributed by atoms with E-state index in [9.17, 15) is 13.2 Å². The van der Waals surface area contributed by atoms with Crippen LogP contribution in [0.5, 0.6) is 0 Å². The van der Waals surface area contributed by atoms with Gasteiger partial charge in [0.1, 0.15) is 0 Å². The minimum atomic E-state index is -3.77. The molecule has 0 saturated carbocycles. The fourth-order valence-electron chi connectivity index (χ4n) is 1.24. The van der Waals surface area contributed by atoms with Crippen LogP contribution in [0.25, 0.3) is 0 Å². The Kier molecular flexibility index (Phi) is 3.49. The van der Waals surface area contributed by atoms with Crippen LogP contribution < -0.4 is 0 Å². The summed E-state index contributed by atoms with van der Waals surface area (Å²) in [5.41, 5.74) is 0.603. The first-order valence-electron chi connectivity index (χ1n) is 4.62. The van der Waals surface area contributed by atoms with Crippen LogP contribution in [0.1, 0.15) is 5.56 Å². The molecule has 5 heteroatoms. The highest BCUT2D eigenvalue weighted by Crippen LogP contribution is 2.18. The summed E-state index contributed by atoms with van der Waals surface area (Å²) in [4.78, 5) is 11.4. The fraction of sp³-hybridized carbons (Fsp3) is 0.182. The number of hydrogen-bond acceptors (Lipinski definition) is 3. The Morgan fingerprint density at radius 1 is 1.38 bits per heavy atom. The summed E-state index contributed by atoms with van der Waals surface area (Å²) in [7, 11) is -2.55. The molecule has 0 radical (unpaired) electrons. The van der Waals surface area contributed by atoms with E-state index in [-0.39, 0.29) is 4.90 Å². The van der Waals surface area contributed by atoms with E-state index in [0.717, 1.165) is 6.08 Å². The first-order chi connectivity index (χ1) is 7.41. The molecule has 0 saturated heterocycles. The van der Waals surface area contributed by atoms with Gasteiger partial charge in [-0.25, -0.2) is 12.7 Å². The lowest BCUT2D eigenvalue weighted by Crippen LogP contribution is -2.32. The fourth-order valence-corrected chi connectivity index (χ4v) is 2.57. The van der Waals surface area contributed by atoms with Gasteiger partial charge in [-0.15, -0.1) is 0 Å². The molecule has 0 aliphatic rings. The van der Waals surface area contributed by atoms with Crippen LogP contribution in [0.4, 0.5) is 0 Å². The van der Waals surface area contributed by atoms with Gasteiger partial charge in [-0.2, -0.15) is 0 Å². The number of likely N-dealkylation sites (N-methyl/N-ethyl adjacent to an activating group) is 1. The Balaban J connectivity index is 3.28. The van der Waals surface area contributed by atoms with Gasteiger partial charge in [0.25, 0.3) is 15.9 Å². The number of hydrogen-bond donors (Lipinski definition) is 0. The van der Waals surface area contributed by atoms with Crippen molar-refractivity contribution < 1.29 is 13.2 Å². The zero-order valence-corrected chi connectivity index (χ0v) is 9.99. The number of benzene rings is 1. The van der Waals surface area contributed by atoms with Crippen molar-refractivity contribution in [3.63, 3.8) is 0 Å². The topological polar surface area (TPSA) is 54.5 Å². The van der Waals surface area contributed by atoms with E-state index in [0.29, 0.717) is 9.87 Å². The molecule has 0 bridgehead atoms. The third-order valence-corrected chi connectivity index (χ3v) is 4.13. The standard InChI is InChI=1S/C11H13NO3S/c1-4-11(13)12(3)16(14,15)10-8-6-5-7-9(10)2/h4-8H,1H2,2-3H3. The Labute approximate surface area is 95.2 Å². The summed E-state index contributed by atoms with van der Waals surface area (Å²) < 4.78 is 24.7. The highest BCUT2D eigenvalue weighted by atomic mass is 32.2. The van der Waals surface area contributed by atoms with Crippen molar-refractivity contribution in [3.8, 4) is 0 Å². The van der Waals surface area contributed by atoms with Gasteiger partial charge >= 0.3 is 0 Å². The van der Waals surface area contributed by atoms with Gasteiger partial charge in [-0.3, -0.25) is 4.79 Å². The first kappa shape index (κ1) is 12.4. The number of sulfonamides is 1. The lowest BCUT2D eigenvalue weighted by Gasteiger charge is -2.16. The van der Waals surface area contributed by atoms with Crippen molar-refractivity contribution in [1.82, 2.24) is 4.31 Å². The third kappa shape index (κ3) is 2.14. The Bertz CT molecular complexity index is 520. The molecular weight excluding hydrogens is 226 g/mol. The molecule has 0 spiro atoms. The Morgan fingerprint density at radius 3 is 2.44 bits per heavy atom. The zero-order chi connectivity index (χ0) is 12.3. The molecule has 1 aromatic carbocycles. The van der Waals surface area contributed by atoms with E-state index >= 15 is 0 Å². The molecule has 0 aliphatic heterocycles. The summed E-state index contributed by atoms with van der Waals surface area (Å²) in [5.74, 6) is -0.650. The molecule has 0 heterocycles. The lowest BCUT2D eigenvalue weighted by atomic mass is 10.2. The first-order valence-corrected chi connectivity index (χ1v) is 6.06. The molecule has 16 heavy (non-hydrogen) atoms. The molecule has 0 aliphatic carbocycles. The van der Waals surface area contributed by atoms with E-state index in [1.165, 1.54) is 13.1 Å². The van der Waals surface area contributed by atoms with Crippen molar-refractivity contribution in [2.45, 2.75) is 11.8 Å². The van der Waals surface area contributed by atoms with Crippen LogP contribution in [0.3, 0.4) is 0 Å². The second-order valence-electron chi connectivity index (χ2n) is 3.28. The van der Waals surface area contributed by atoms with E-state index in [4.69, 9.17) is 0 Å². The molecule has 0 N–H and O–H groups in total. The summed E-state index contributed by atoms with van der Waals surface area (Å²) in [5, 5.41) is 0. The van der Waals surface area contributed by atoms with Gasteiger partial charge in [0.05, 0.1) is 4.90 Å². The molecule has 0 unspecified atom stereocenters. The normalized spacial score (nSPS) is 10.9. The molecule has 86 valence electrons. The van der Waals surface area contributed by atoms with Crippen LogP contribution in [-0.2, 0) is 14.8 Å². The quantitative estimate of drug-likeness (QED) is 0.748. The lowest BCUT2D eigenvalue weighted by molar-refractivity contribution is -0.120. The van der Waals surface area contributed by atoms with E-state index < -0.39 is 15.9 Å². The maximum atomic E-state index is 12.0. The second kappa shape index (κ2) is 4.49. The molecule has 0 atom stereocenters. The van der Waals surface area contributed by atoms with Crippen LogP contribution in [-0.4, -0.2) is 25.7 Å². The monoisotopic (exact) mass is 239 g/mol. The second-order valence-corrected chi connectivity index (χ2v) is 5.22. The molecule has 4 nitrogen and oxygen atoms in total. The predicted octanol–water partition coefficient (Wildman–Crippen LogP) is 1.33. The van der Waals surface area contributed by atoms with Gasteiger partial charge < -0.3 is 0 Å². The predicted molar refractivity (Wildman–Crippen MR) is 61.3 cm³/mol. The van der Waals surface area contributed by atoms with Crippen molar-refractivity contribution in [3.05, 3.63) is 42.5 Å². The van der Waals surface area contributed by atoms with Gasteiger partial charge in [-0.1, -0.05) is 24.8 Å². The average molecular weight is 239 g/mol. The summed E-state index contributed by atoms with van der Waals surface area (Å²) >= 11 is 0. The Morgan fingerprint density at radius 2 is 1.94 bits per heavy atom. The van der Waals surface area contributed by atoms with Crippen LogP contribution in [0.15, 0.2) is 41.8 Å². The Hall–Kier alpha value is -1.62. The number of rotatable bonds is 3. The maximum Gasteiger partial charge on any atom is 0.266 e. The third-order valence-electron chi connectivity index (χ3n) is 2.22. The van der Waals surface area contributed by atoms with Crippen molar-refractivity contribution in [1.29, 1.82) is 0 Å². The number of carbonyl (C=O) groups excluding carboxylic acids is 1. The molecule has 1 amide bonds. The van der Waals surface area contributed by atoms with E-state index in [1.54, 1.807) is 25.1 Å². The van der Waals surface area contributed by atoms with Gasteiger partial charge in [0.2, 0.25) is 0 Å². The zero-order valence-electron chi connectivity index (χ0n) is 9.17. The molecular formula is C11H13NO3S. The van der Waals surface area contributed by atoms with E-state index in [2.05, 4.69) is 6.58 Å². The summed E-state index contributed by atoms with van der Waals surface area (Å²) in [6.07, 6.45) is 0.968. The largest absolute Gasteiger partial charge is 0.269 e. The highest BCUT2D eigenvalue weighted by molar-refractivity contribution is 7.89. The minimum Gasteiger partial charge on any atom is -0.269 e. The number of carbonyl (C=O) groups is 1. The van der Waals surface area contributed by atoms with E-state index in [1.807, 2.05) is 0 Å². The van der Waals surface area contributed by atoms with Crippen molar-refractivity contribution in [2.75, 3.05) is 7.05 Å². The smallest absolute Gasteiger partial charge is 0.266 e. The number of nitrogens with zero attached hydrogens (tertiary/aromatic N) is 1. The van der Waals surface area contributed by atoms with Gasteiger partial charge in [0, 0.05) is 7.05 Å². The van der Waals surface area contributed by atoms with Crippen molar-refractivity contribution in [2.24, 2.45) is 0 Å². The SMILES string of the molecule is C=CC(=O)N(C)S(=O)(=O)c1ccccc1C. The van der Waals surface area contributed by atoms with Gasteiger partial charge in [0.15, 0.2) is 0 Å². The summed E-state index contributed by atoms with van der Waals surface area (Å²) in [6.45, 7) is 4.94. The van der Waals surface area contributed by atoms with Crippen LogP contribution in [0.2, 0.25) is 0 Å². The molecule has 1 aromatic rings. The van der Waals surface area contributed by atoms with Gasteiger partial charge in [-0.05, 0) is 24.6 Å². The number of aryl methyl sites for hydroxylation is 1. The molecule has 0 fully saturated rings. The number of amides is 1. The van der Waals surface area contributed by atoms with Crippen LogP contribution >= 0.6 is 0 Å². The van der Waals surface area contributed by atoms with Crippen LogP contribution in [0, 0.1) is 6.92 Å².